The maximum Gasteiger partial charge on any atom is 0.257 e. The SMILES string of the molecule is COCCOCCOCCOCCOCCOc1nn(C2CCC(N3[C@@H]4CC[C@H]3COC4)CC2)cc1Nc1ncc(-c2ccc(C#N)c(O[C@@H](C)Cn3cnnn3)c2)cn1. The quantitative estimate of drug-likeness (QED) is 0.0944. The van der Waals surface area contributed by atoms with E-state index in [1.165, 1.54) is 19.2 Å². The first-order valence-corrected chi connectivity index (χ1v) is 21.0. The van der Waals surface area contributed by atoms with Gasteiger partial charge in [0.05, 0.1) is 97.0 Å². The van der Waals surface area contributed by atoms with Crippen LogP contribution >= 0.6 is 0 Å². The molecule has 1 aromatic carbocycles. The van der Waals surface area contributed by atoms with Crippen molar-refractivity contribution < 1.29 is 37.9 Å². The summed E-state index contributed by atoms with van der Waals surface area (Å²) in [5, 5.41) is 29.3. The van der Waals surface area contributed by atoms with Crippen molar-refractivity contribution >= 4 is 11.6 Å². The summed E-state index contributed by atoms with van der Waals surface area (Å²) in [7, 11) is 1.65. The number of benzene rings is 1. The lowest BCUT2D eigenvalue weighted by Gasteiger charge is -2.43. The number of anilines is 2. The summed E-state index contributed by atoms with van der Waals surface area (Å²) in [5.41, 5.74) is 2.66. The van der Waals surface area contributed by atoms with Crippen LogP contribution in [0.15, 0.2) is 43.1 Å². The Bertz CT molecular complexity index is 1890. The topological polar surface area (TPSA) is 200 Å². The van der Waals surface area contributed by atoms with E-state index in [1.54, 1.807) is 30.3 Å². The summed E-state index contributed by atoms with van der Waals surface area (Å²) >= 11 is 0. The van der Waals surface area contributed by atoms with Crippen molar-refractivity contribution in [3.8, 4) is 28.8 Å². The van der Waals surface area contributed by atoms with Crippen LogP contribution < -0.4 is 14.8 Å². The van der Waals surface area contributed by atoms with Gasteiger partial charge in [-0.1, -0.05) is 6.07 Å². The Labute approximate surface area is 350 Å². The molecule has 1 aliphatic carbocycles. The minimum atomic E-state index is -0.287. The van der Waals surface area contributed by atoms with E-state index in [2.05, 4.69) is 41.8 Å². The molecular formula is C41H57N11O8. The van der Waals surface area contributed by atoms with Gasteiger partial charge in [-0.3, -0.25) is 9.58 Å². The molecule has 0 unspecified atom stereocenters. The van der Waals surface area contributed by atoms with E-state index in [-0.39, 0.29) is 12.1 Å². The molecule has 4 aromatic rings. The number of fused-ring (bicyclic) bond motifs is 2. The average molecular weight is 832 g/mol. The number of nitriles is 1. The number of morpholine rings is 1. The lowest BCUT2D eigenvalue weighted by molar-refractivity contribution is -0.0458. The molecule has 1 N–H and O–H groups in total. The molecule has 2 bridgehead atoms. The molecule has 7 rings (SSSR count). The number of hydrogen-bond acceptors (Lipinski definition) is 17. The van der Waals surface area contributed by atoms with E-state index in [1.807, 2.05) is 29.9 Å². The largest absolute Gasteiger partial charge is 0.487 e. The Hall–Kier alpha value is -4.81. The fraction of sp³-hybridized carbons (Fsp3) is 0.634. The molecule has 324 valence electrons. The molecule has 3 aliphatic rings. The Kier molecular flexibility index (Phi) is 16.4. The van der Waals surface area contributed by atoms with Gasteiger partial charge in [-0.2, -0.15) is 5.26 Å². The Morgan fingerprint density at radius 1 is 0.817 bits per heavy atom. The first-order valence-electron chi connectivity index (χ1n) is 21.0. The highest BCUT2D eigenvalue weighted by Gasteiger charge is 2.42. The van der Waals surface area contributed by atoms with Crippen LogP contribution in [0.5, 0.6) is 11.6 Å². The van der Waals surface area contributed by atoms with Gasteiger partial charge in [0.15, 0.2) is 0 Å². The van der Waals surface area contributed by atoms with Crippen molar-refractivity contribution in [1.29, 1.82) is 5.26 Å². The summed E-state index contributed by atoms with van der Waals surface area (Å²) in [6.07, 6.45) is 13.5. The van der Waals surface area contributed by atoms with Gasteiger partial charge in [-0.15, -0.1) is 10.2 Å². The van der Waals surface area contributed by atoms with E-state index in [0.29, 0.717) is 120 Å². The number of ether oxygens (including phenoxy) is 8. The maximum absolute atomic E-state index is 9.74. The van der Waals surface area contributed by atoms with Crippen molar-refractivity contribution in [3.05, 3.63) is 48.7 Å². The molecule has 0 radical (unpaired) electrons. The van der Waals surface area contributed by atoms with Gasteiger partial charge in [-0.05, 0) is 73.6 Å². The van der Waals surface area contributed by atoms with Gasteiger partial charge in [-0.25, -0.2) is 14.6 Å². The predicted molar refractivity (Wildman–Crippen MR) is 217 cm³/mol. The average Bonchev–Trinajstić information content (AvgIpc) is 4.00. The summed E-state index contributed by atoms with van der Waals surface area (Å²) in [4.78, 5) is 12.0. The zero-order chi connectivity index (χ0) is 41.4. The van der Waals surface area contributed by atoms with Crippen LogP contribution in [-0.2, 0) is 35.0 Å². The number of rotatable bonds is 25. The van der Waals surface area contributed by atoms with Crippen LogP contribution in [0.3, 0.4) is 0 Å². The smallest absolute Gasteiger partial charge is 0.257 e. The van der Waals surface area contributed by atoms with Crippen LogP contribution in [0, 0.1) is 11.3 Å². The zero-order valence-electron chi connectivity index (χ0n) is 34.6. The molecule has 3 fully saturated rings. The highest BCUT2D eigenvalue weighted by atomic mass is 16.6. The van der Waals surface area contributed by atoms with Crippen molar-refractivity contribution in [2.75, 3.05) is 91.7 Å². The van der Waals surface area contributed by atoms with Crippen LogP contribution in [0.2, 0.25) is 0 Å². The predicted octanol–water partition coefficient (Wildman–Crippen LogP) is 3.85. The first-order chi connectivity index (χ1) is 29.6. The summed E-state index contributed by atoms with van der Waals surface area (Å²) < 4.78 is 49.1. The molecule has 19 heteroatoms. The van der Waals surface area contributed by atoms with Crippen LogP contribution in [0.1, 0.15) is 57.1 Å². The third kappa shape index (κ3) is 12.2. The van der Waals surface area contributed by atoms with E-state index in [0.717, 1.165) is 50.0 Å². The molecule has 0 amide bonds. The second-order valence-corrected chi connectivity index (χ2v) is 15.2. The fourth-order valence-corrected chi connectivity index (χ4v) is 8.07. The minimum absolute atomic E-state index is 0.255. The molecule has 1 saturated carbocycles. The number of methoxy groups -OCH3 is 1. The molecule has 2 aliphatic heterocycles. The molecule has 5 heterocycles. The Balaban J connectivity index is 0.931. The van der Waals surface area contributed by atoms with E-state index >= 15 is 0 Å². The number of hydrogen-bond donors (Lipinski definition) is 1. The van der Waals surface area contributed by atoms with Crippen molar-refractivity contribution in [1.82, 2.24) is 44.9 Å². The molecule has 0 spiro atoms. The second kappa shape index (κ2) is 22.7. The summed E-state index contributed by atoms with van der Waals surface area (Å²) in [6, 6.07) is 9.58. The lowest BCUT2D eigenvalue weighted by Crippen LogP contribution is -2.52. The van der Waals surface area contributed by atoms with Crippen molar-refractivity contribution in [2.45, 2.75) is 82.3 Å². The zero-order valence-corrected chi connectivity index (χ0v) is 34.6. The molecular weight excluding hydrogens is 775 g/mol. The highest BCUT2D eigenvalue weighted by molar-refractivity contribution is 5.67. The summed E-state index contributed by atoms with van der Waals surface area (Å²) in [6.45, 7) is 8.76. The molecule has 2 saturated heterocycles. The highest BCUT2D eigenvalue weighted by Crippen LogP contribution is 2.39. The van der Waals surface area contributed by atoms with Crippen LogP contribution in [0.25, 0.3) is 11.1 Å². The lowest BCUT2D eigenvalue weighted by atomic mass is 9.89. The molecule has 3 atom stereocenters. The number of aromatic nitrogens is 8. The fourth-order valence-electron chi connectivity index (χ4n) is 8.07. The van der Waals surface area contributed by atoms with Crippen LogP contribution in [0.4, 0.5) is 11.6 Å². The number of nitrogens with zero attached hydrogens (tertiary/aromatic N) is 10. The number of tetrazole rings is 1. The van der Waals surface area contributed by atoms with Crippen molar-refractivity contribution in [3.63, 3.8) is 0 Å². The third-order valence-electron chi connectivity index (χ3n) is 11.0. The minimum Gasteiger partial charge on any atom is -0.487 e. The van der Waals surface area contributed by atoms with Crippen molar-refractivity contribution in [2.24, 2.45) is 0 Å². The standard InChI is InChI=1S/C41H57N11O8/c1-30(25-50-29-45-48-49-50)60-39-21-31(3-4-32(39)22-42)33-23-43-41(44-24-33)46-38-26-51(34-5-7-35(8-6-34)52-36-9-10-37(52)28-58-27-36)47-40(38)59-20-19-57-18-17-56-16-15-55-14-13-54-12-11-53-2/h3-4,21,23-24,26,29-30,34-37H,5-20,25,27-28H2,1-2H3,(H,43,44,46)/t30-,34?,35?,36-,37+/m0/s1. The molecule has 3 aromatic heterocycles. The van der Waals surface area contributed by atoms with Gasteiger partial charge in [0, 0.05) is 43.2 Å². The number of nitrogens with one attached hydrogen (secondary N) is 1. The van der Waals surface area contributed by atoms with Gasteiger partial charge >= 0.3 is 0 Å². The van der Waals surface area contributed by atoms with Gasteiger partial charge in [0.25, 0.3) is 5.88 Å². The Morgan fingerprint density at radius 2 is 1.45 bits per heavy atom. The summed E-state index contributed by atoms with van der Waals surface area (Å²) in [5.74, 6) is 1.31. The monoisotopic (exact) mass is 831 g/mol. The third-order valence-corrected chi connectivity index (χ3v) is 11.0. The van der Waals surface area contributed by atoms with Crippen LogP contribution in [-0.4, -0.2) is 155 Å². The van der Waals surface area contributed by atoms with Gasteiger partial charge in [0.2, 0.25) is 5.95 Å². The van der Waals surface area contributed by atoms with E-state index in [4.69, 9.17) is 43.0 Å². The van der Waals surface area contributed by atoms with Gasteiger partial charge in [0.1, 0.15) is 36.5 Å². The van der Waals surface area contributed by atoms with Gasteiger partial charge < -0.3 is 43.2 Å². The first kappa shape index (κ1) is 43.3. The van der Waals surface area contributed by atoms with E-state index < -0.39 is 0 Å². The maximum atomic E-state index is 9.74. The van der Waals surface area contributed by atoms with E-state index in [9.17, 15) is 5.26 Å². The molecule has 60 heavy (non-hydrogen) atoms. The second-order valence-electron chi connectivity index (χ2n) is 15.2. The normalized spacial score (nSPS) is 20.8. The molecule has 19 nitrogen and oxygen atoms in total. The Morgan fingerprint density at radius 3 is 2.08 bits per heavy atom.